The standard InChI is InChI=1S/C25H20ClN7O/c1-15-8-9-16(25(34)28-19-7-3-6-18(26)12-19)11-21(15)29-23-20-14-33(2)32-24(20)31-22(30-23)17-5-4-10-27-13-17/h3-14H,1-2H3,(H,28,34)(H,29,30,31,32). The summed E-state index contributed by atoms with van der Waals surface area (Å²) in [5.74, 6) is 0.859. The Balaban J connectivity index is 1.50. The van der Waals surface area contributed by atoms with Crippen LogP contribution in [0.4, 0.5) is 17.2 Å². The van der Waals surface area contributed by atoms with E-state index in [1.54, 1.807) is 53.5 Å². The van der Waals surface area contributed by atoms with Crippen LogP contribution in [-0.4, -0.2) is 30.6 Å². The van der Waals surface area contributed by atoms with Gasteiger partial charge in [-0.3, -0.25) is 14.5 Å². The monoisotopic (exact) mass is 469 g/mol. The Bertz CT molecular complexity index is 1520. The summed E-state index contributed by atoms with van der Waals surface area (Å²) >= 11 is 6.03. The van der Waals surface area contributed by atoms with Crippen molar-refractivity contribution in [3.8, 4) is 11.4 Å². The quantitative estimate of drug-likeness (QED) is 0.358. The third-order valence-corrected chi connectivity index (χ3v) is 5.48. The van der Waals surface area contributed by atoms with Crippen LogP contribution in [0.3, 0.4) is 0 Å². The molecule has 0 aliphatic carbocycles. The second-order valence-corrected chi connectivity index (χ2v) is 8.23. The summed E-state index contributed by atoms with van der Waals surface area (Å²) in [6.45, 7) is 1.96. The van der Waals surface area contributed by atoms with E-state index in [1.807, 2.05) is 38.4 Å². The molecule has 5 aromatic rings. The molecule has 0 aliphatic heterocycles. The van der Waals surface area contributed by atoms with E-state index in [0.29, 0.717) is 33.6 Å². The number of nitrogens with one attached hydrogen (secondary N) is 2. The molecule has 0 unspecified atom stereocenters. The number of fused-ring (bicyclic) bond motifs is 1. The summed E-state index contributed by atoms with van der Waals surface area (Å²) in [5, 5.41) is 12.0. The molecule has 0 fully saturated rings. The number of aryl methyl sites for hydroxylation is 2. The minimum absolute atomic E-state index is 0.240. The van der Waals surface area contributed by atoms with E-state index < -0.39 is 0 Å². The maximum absolute atomic E-state index is 12.9. The van der Waals surface area contributed by atoms with E-state index >= 15 is 0 Å². The van der Waals surface area contributed by atoms with Gasteiger partial charge in [-0.1, -0.05) is 23.7 Å². The van der Waals surface area contributed by atoms with Crippen LogP contribution >= 0.6 is 11.6 Å². The first-order valence-electron chi connectivity index (χ1n) is 10.5. The molecule has 0 radical (unpaired) electrons. The number of carbonyl (C=O) groups excluding carboxylic acids is 1. The van der Waals surface area contributed by atoms with Crippen molar-refractivity contribution in [3.05, 3.63) is 89.3 Å². The largest absolute Gasteiger partial charge is 0.339 e. The van der Waals surface area contributed by atoms with Gasteiger partial charge in [0.05, 0.1) is 5.39 Å². The van der Waals surface area contributed by atoms with Gasteiger partial charge in [0, 0.05) is 53.2 Å². The highest BCUT2D eigenvalue weighted by molar-refractivity contribution is 6.31. The van der Waals surface area contributed by atoms with Gasteiger partial charge < -0.3 is 10.6 Å². The highest BCUT2D eigenvalue weighted by Gasteiger charge is 2.15. The molecule has 2 aromatic carbocycles. The zero-order valence-corrected chi connectivity index (χ0v) is 19.2. The van der Waals surface area contributed by atoms with Crippen molar-refractivity contribution in [1.82, 2.24) is 24.7 Å². The number of amides is 1. The van der Waals surface area contributed by atoms with Crippen molar-refractivity contribution in [1.29, 1.82) is 0 Å². The molecule has 3 aromatic heterocycles. The maximum atomic E-state index is 12.9. The van der Waals surface area contributed by atoms with Crippen LogP contribution in [-0.2, 0) is 7.05 Å². The molecule has 5 rings (SSSR count). The Labute approximate surface area is 200 Å². The minimum Gasteiger partial charge on any atom is -0.339 e. The van der Waals surface area contributed by atoms with Crippen molar-refractivity contribution < 1.29 is 4.79 Å². The molecule has 3 heterocycles. The SMILES string of the molecule is Cc1ccc(C(=O)Nc2cccc(Cl)c2)cc1Nc1nc(-c2cccnc2)nc2nn(C)cc12. The first-order chi connectivity index (χ1) is 16.5. The summed E-state index contributed by atoms with van der Waals surface area (Å²) in [4.78, 5) is 26.4. The number of pyridine rings is 1. The van der Waals surface area contributed by atoms with Gasteiger partial charge in [0.25, 0.3) is 5.91 Å². The number of anilines is 3. The van der Waals surface area contributed by atoms with E-state index in [2.05, 4.69) is 25.7 Å². The topological polar surface area (TPSA) is 97.6 Å². The van der Waals surface area contributed by atoms with E-state index in [-0.39, 0.29) is 5.91 Å². The van der Waals surface area contributed by atoms with Gasteiger partial charge in [0.2, 0.25) is 0 Å². The summed E-state index contributed by atoms with van der Waals surface area (Å²) in [6.07, 6.45) is 5.26. The van der Waals surface area contributed by atoms with Crippen LogP contribution in [0.25, 0.3) is 22.4 Å². The molecule has 0 bridgehead atoms. The predicted molar refractivity (Wildman–Crippen MR) is 133 cm³/mol. The number of hydrogen-bond acceptors (Lipinski definition) is 6. The summed E-state index contributed by atoms with van der Waals surface area (Å²) in [6, 6.07) is 16.2. The lowest BCUT2D eigenvalue weighted by Gasteiger charge is -2.13. The average Bonchev–Trinajstić information content (AvgIpc) is 3.21. The van der Waals surface area contributed by atoms with Crippen LogP contribution < -0.4 is 10.6 Å². The minimum atomic E-state index is -0.240. The van der Waals surface area contributed by atoms with Crippen molar-refractivity contribution in [3.63, 3.8) is 0 Å². The highest BCUT2D eigenvalue weighted by Crippen LogP contribution is 2.28. The molecule has 0 spiro atoms. The summed E-state index contributed by atoms with van der Waals surface area (Å²) < 4.78 is 1.69. The number of nitrogens with zero attached hydrogens (tertiary/aromatic N) is 5. The average molecular weight is 470 g/mol. The molecule has 34 heavy (non-hydrogen) atoms. The van der Waals surface area contributed by atoms with E-state index in [0.717, 1.165) is 22.2 Å². The fourth-order valence-electron chi connectivity index (χ4n) is 3.53. The number of halogens is 1. The first-order valence-corrected chi connectivity index (χ1v) is 10.9. The lowest BCUT2D eigenvalue weighted by atomic mass is 10.1. The number of rotatable bonds is 5. The maximum Gasteiger partial charge on any atom is 0.255 e. The smallest absolute Gasteiger partial charge is 0.255 e. The van der Waals surface area contributed by atoms with Crippen molar-refractivity contribution in [2.45, 2.75) is 6.92 Å². The molecule has 0 saturated carbocycles. The molecular weight excluding hydrogens is 450 g/mol. The van der Waals surface area contributed by atoms with Crippen molar-refractivity contribution in [2.24, 2.45) is 7.05 Å². The normalized spacial score (nSPS) is 10.9. The summed E-state index contributed by atoms with van der Waals surface area (Å²) in [7, 11) is 1.83. The van der Waals surface area contributed by atoms with E-state index in [1.165, 1.54) is 0 Å². The van der Waals surface area contributed by atoms with Crippen LogP contribution in [0.2, 0.25) is 5.02 Å². The molecule has 2 N–H and O–H groups in total. The Morgan fingerprint density at radius 1 is 1.06 bits per heavy atom. The molecule has 0 aliphatic rings. The zero-order valence-electron chi connectivity index (χ0n) is 18.5. The highest BCUT2D eigenvalue weighted by atomic mass is 35.5. The van der Waals surface area contributed by atoms with Crippen LogP contribution in [0.5, 0.6) is 0 Å². The molecule has 168 valence electrons. The third-order valence-electron chi connectivity index (χ3n) is 5.25. The van der Waals surface area contributed by atoms with Crippen LogP contribution in [0.1, 0.15) is 15.9 Å². The van der Waals surface area contributed by atoms with Gasteiger partial charge in [-0.05, 0) is 55.0 Å². The second kappa shape index (κ2) is 8.92. The number of benzene rings is 2. The van der Waals surface area contributed by atoms with Crippen LogP contribution in [0, 0.1) is 6.92 Å². The molecular formula is C25H20ClN7O. The Morgan fingerprint density at radius 3 is 2.74 bits per heavy atom. The van der Waals surface area contributed by atoms with Crippen molar-refractivity contribution >= 4 is 45.7 Å². The fraction of sp³-hybridized carbons (Fsp3) is 0.0800. The molecule has 1 amide bonds. The van der Waals surface area contributed by atoms with Crippen LogP contribution in [0.15, 0.2) is 73.2 Å². The van der Waals surface area contributed by atoms with Gasteiger partial charge >= 0.3 is 0 Å². The summed E-state index contributed by atoms with van der Waals surface area (Å²) in [5.41, 5.74) is 4.17. The lowest BCUT2D eigenvalue weighted by Crippen LogP contribution is -2.12. The number of aromatic nitrogens is 5. The predicted octanol–water partition coefficient (Wildman–Crippen LogP) is 5.38. The Kier molecular flexibility index (Phi) is 5.65. The first kappa shape index (κ1) is 21.5. The Morgan fingerprint density at radius 2 is 1.94 bits per heavy atom. The van der Waals surface area contributed by atoms with Gasteiger partial charge in [0.15, 0.2) is 11.5 Å². The number of carbonyl (C=O) groups is 1. The van der Waals surface area contributed by atoms with E-state index in [4.69, 9.17) is 16.6 Å². The number of hydrogen-bond donors (Lipinski definition) is 2. The van der Waals surface area contributed by atoms with Gasteiger partial charge in [-0.25, -0.2) is 9.97 Å². The third kappa shape index (κ3) is 4.44. The molecule has 8 nitrogen and oxygen atoms in total. The molecule has 0 saturated heterocycles. The lowest BCUT2D eigenvalue weighted by molar-refractivity contribution is 0.102. The second-order valence-electron chi connectivity index (χ2n) is 7.80. The van der Waals surface area contributed by atoms with Gasteiger partial charge in [-0.15, -0.1) is 0 Å². The van der Waals surface area contributed by atoms with Crippen molar-refractivity contribution in [2.75, 3.05) is 10.6 Å². The van der Waals surface area contributed by atoms with E-state index in [9.17, 15) is 4.79 Å². The molecule has 9 heteroatoms. The fourth-order valence-corrected chi connectivity index (χ4v) is 3.72. The Hall–Kier alpha value is -4.30. The molecule has 0 atom stereocenters. The van der Waals surface area contributed by atoms with Gasteiger partial charge in [0.1, 0.15) is 5.82 Å². The zero-order chi connectivity index (χ0) is 23.7. The van der Waals surface area contributed by atoms with Gasteiger partial charge in [-0.2, -0.15) is 5.10 Å².